The quantitative estimate of drug-likeness (QED) is 0.424. The number of likely N-dealkylation sites (tertiary alicyclic amines) is 2. The van der Waals surface area contributed by atoms with Gasteiger partial charge in [0.2, 0.25) is 17.7 Å². The van der Waals surface area contributed by atoms with Crippen LogP contribution in [0.15, 0.2) is 42.7 Å². The van der Waals surface area contributed by atoms with Crippen LogP contribution in [0.25, 0.3) is 10.2 Å². The van der Waals surface area contributed by atoms with Crippen LogP contribution in [0.2, 0.25) is 0 Å². The number of nitrogens with one attached hydrogen (secondary N) is 1. The molecule has 3 N–H and O–H groups in total. The van der Waals surface area contributed by atoms with Gasteiger partial charge in [-0.3, -0.25) is 19.4 Å². The average Bonchev–Trinajstić information content (AvgIpc) is 3.71. The molecule has 0 saturated carbocycles. The van der Waals surface area contributed by atoms with Crippen molar-refractivity contribution in [3.63, 3.8) is 0 Å². The fourth-order valence-electron chi connectivity index (χ4n) is 5.54. The van der Waals surface area contributed by atoms with E-state index in [9.17, 15) is 14.4 Å². The van der Waals surface area contributed by atoms with Gasteiger partial charge in [-0.15, -0.1) is 11.3 Å². The van der Waals surface area contributed by atoms with Crippen molar-refractivity contribution in [2.75, 3.05) is 19.6 Å². The monoisotopic (exact) mass is 548 g/mol. The van der Waals surface area contributed by atoms with Crippen LogP contribution in [0.3, 0.4) is 0 Å². The van der Waals surface area contributed by atoms with Gasteiger partial charge in [0.15, 0.2) is 0 Å². The Labute approximate surface area is 232 Å². The standard InChI is InChI=1S/C29H36N6O3S/c1-19-4-6-20(7-5-19)14-21-15-24(28(37)32-17-26-33-23-16-31-11-10-25(23)39-26)35(18-21)29(38)22(30)8-9-27(36)34-12-2-3-13-34/h4-7,10-11,16,21-22,24H,2-3,8-9,12-15,17-18,30H2,1H3,(H,32,37)/t21-,22-,24+/m1/s1. The fraction of sp³-hybridized carbons (Fsp3) is 0.483. The molecule has 0 radical (unpaired) electrons. The number of carbonyl (C=O) groups excluding carboxylic acids is 3. The Bertz CT molecular complexity index is 1290. The molecule has 2 fully saturated rings. The number of thiazole rings is 1. The van der Waals surface area contributed by atoms with Gasteiger partial charge in [-0.05, 0) is 56.6 Å². The third kappa shape index (κ3) is 6.62. The topological polar surface area (TPSA) is 122 Å². The summed E-state index contributed by atoms with van der Waals surface area (Å²) in [6, 6.07) is 8.85. The SMILES string of the molecule is Cc1ccc(C[C@@H]2C[C@@H](C(=O)NCc3nc4cnccc4s3)N(C(=O)[C@H](N)CCC(=O)N3CCCC3)C2)cc1. The van der Waals surface area contributed by atoms with E-state index in [4.69, 9.17) is 5.73 Å². The van der Waals surface area contributed by atoms with Crippen molar-refractivity contribution >= 4 is 39.3 Å². The van der Waals surface area contributed by atoms with Crippen molar-refractivity contribution in [3.8, 4) is 0 Å². The third-order valence-corrected chi connectivity index (χ3v) is 8.75. The summed E-state index contributed by atoms with van der Waals surface area (Å²) in [5.74, 6) is -0.275. The minimum Gasteiger partial charge on any atom is -0.348 e. The summed E-state index contributed by atoms with van der Waals surface area (Å²) >= 11 is 1.51. The number of nitrogens with zero attached hydrogens (tertiary/aromatic N) is 4. The highest BCUT2D eigenvalue weighted by Gasteiger charge is 2.41. The highest BCUT2D eigenvalue weighted by atomic mass is 32.1. The molecule has 5 rings (SSSR count). The minimum absolute atomic E-state index is 0.0507. The summed E-state index contributed by atoms with van der Waals surface area (Å²) in [7, 11) is 0. The molecule has 0 aliphatic carbocycles. The zero-order valence-corrected chi connectivity index (χ0v) is 23.2. The Hall–Kier alpha value is -3.37. The van der Waals surface area contributed by atoms with Crippen molar-refractivity contribution in [3.05, 3.63) is 58.9 Å². The van der Waals surface area contributed by atoms with Crippen molar-refractivity contribution in [1.82, 2.24) is 25.1 Å². The van der Waals surface area contributed by atoms with Gasteiger partial charge in [-0.1, -0.05) is 29.8 Å². The first-order valence-electron chi connectivity index (χ1n) is 13.7. The molecule has 2 aliphatic heterocycles. The Kier molecular flexibility index (Phi) is 8.52. The summed E-state index contributed by atoms with van der Waals surface area (Å²) < 4.78 is 1.01. The fourth-order valence-corrected chi connectivity index (χ4v) is 6.42. The predicted octanol–water partition coefficient (Wildman–Crippen LogP) is 2.81. The van der Waals surface area contributed by atoms with Gasteiger partial charge in [0.25, 0.3) is 0 Å². The molecule has 206 valence electrons. The number of hydrogen-bond donors (Lipinski definition) is 2. The van der Waals surface area contributed by atoms with E-state index in [1.54, 1.807) is 17.3 Å². The number of rotatable bonds is 9. The van der Waals surface area contributed by atoms with Crippen LogP contribution in [-0.2, 0) is 27.3 Å². The summed E-state index contributed by atoms with van der Waals surface area (Å²) in [4.78, 5) is 51.6. The van der Waals surface area contributed by atoms with Gasteiger partial charge >= 0.3 is 0 Å². The molecule has 39 heavy (non-hydrogen) atoms. The number of pyridine rings is 1. The van der Waals surface area contributed by atoms with Gasteiger partial charge < -0.3 is 20.9 Å². The highest BCUT2D eigenvalue weighted by molar-refractivity contribution is 7.18. The predicted molar refractivity (Wildman–Crippen MR) is 151 cm³/mol. The Morgan fingerprint density at radius 2 is 1.92 bits per heavy atom. The van der Waals surface area contributed by atoms with Gasteiger partial charge in [0, 0.05) is 32.3 Å². The van der Waals surface area contributed by atoms with Crippen LogP contribution in [0.4, 0.5) is 0 Å². The first-order valence-corrected chi connectivity index (χ1v) is 14.6. The molecule has 10 heteroatoms. The molecule has 9 nitrogen and oxygen atoms in total. The summed E-state index contributed by atoms with van der Waals surface area (Å²) in [5, 5.41) is 3.79. The van der Waals surface area contributed by atoms with Crippen LogP contribution in [0.1, 0.15) is 48.2 Å². The molecular weight excluding hydrogens is 512 g/mol. The Morgan fingerprint density at radius 3 is 2.67 bits per heavy atom. The van der Waals surface area contributed by atoms with E-state index < -0.39 is 12.1 Å². The Balaban J connectivity index is 1.24. The van der Waals surface area contributed by atoms with E-state index in [0.717, 1.165) is 47.6 Å². The normalized spacial score (nSPS) is 19.9. The number of amides is 3. The van der Waals surface area contributed by atoms with E-state index in [2.05, 4.69) is 46.5 Å². The van der Waals surface area contributed by atoms with Crippen LogP contribution in [0, 0.1) is 12.8 Å². The molecule has 0 unspecified atom stereocenters. The van der Waals surface area contributed by atoms with Crippen LogP contribution < -0.4 is 11.1 Å². The number of benzene rings is 1. The molecule has 2 aromatic heterocycles. The second-order valence-corrected chi connectivity index (χ2v) is 11.8. The molecule has 2 saturated heterocycles. The highest BCUT2D eigenvalue weighted by Crippen LogP contribution is 2.28. The number of nitrogens with two attached hydrogens (primary N) is 1. The zero-order valence-electron chi connectivity index (χ0n) is 22.3. The minimum atomic E-state index is -0.818. The van der Waals surface area contributed by atoms with Gasteiger partial charge in [-0.25, -0.2) is 4.98 Å². The van der Waals surface area contributed by atoms with Crippen molar-refractivity contribution in [2.24, 2.45) is 11.7 Å². The van der Waals surface area contributed by atoms with Gasteiger partial charge in [0.05, 0.1) is 29.0 Å². The Morgan fingerprint density at radius 1 is 1.15 bits per heavy atom. The number of carbonyl (C=O) groups is 3. The van der Waals surface area contributed by atoms with Crippen molar-refractivity contribution in [2.45, 2.75) is 64.1 Å². The average molecular weight is 549 g/mol. The molecule has 4 heterocycles. The van der Waals surface area contributed by atoms with E-state index in [1.807, 2.05) is 11.0 Å². The molecule has 0 bridgehead atoms. The van der Waals surface area contributed by atoms with E-state index in [0.29, 0.717) is 13.0 Å². The molecule has 3 amide bonds. The lowest BCUT2D eigenvalue weighted by molar-refractivity contribution is -0.140. The number of aromatic nitrogens is 2. The molecule has 3 aromatic rings. The first-order chi connectivity index (χ1) is 18.9. The molecule has 1 aromatic carbocycles. The zero-order chi connectivity index (χ0) is 27.4. The summed E-state index contributed by atoms with van der Waals surface area (Å²) in [6.45, 7) is 4.36. The first kappa shape index (κ1) is 27.2. The van der Waals surface area contributed by atoms with Crippen molar-refractivity contribution in [1.29, 1.82) is 0 Å². The van der Waals surface area contributed by atoms with Crippen LogP contribution in [-0.4, -0.2) is 69.2 Å². The van der Waals surface area contributed by atoms with E-state index >= 15 is 0 Å². The lowest BCUT2D eigenvalue weighted by Gasteiger charge is -2.27. The largest absolute Gasteiger partial charge is 0.348 e. The number of fused-ring (bicyclic) bond motifs is 1. The lowest BCUT2D eigenvalue weighted by atomic mass is 9.96. The molecule has 3 atom stereocenters. The molecule has 2 aliphatic rings. The maximum Gasteiger partial charge on any atom is 0.243 e. The molecular formula is C29H36N6O3S. The maximum absolute atomic E-state index is 13.5. The molecule has 0 spiro atoms. The maximum atomic E-state index is 13.5. The smallest absolute Gasteiger partial charge is 0.243 e. The van der Waals surface area contributed by atoms with Crippen molar-refractivity contribution < 1.29 is 14.4 Å². The second-order valence-electron chi connectivity index (χ2n) is 10.7. The van der Waals surface area contributed by atoms with E-state index in [-0.39, 0.29) is 43.0 Å². The van der Waals surface area contributed by atoms with E-state index in [1.165, 1.54) is 22.5 Å². The van der Waals surface area contributed by atoms with Crippen LogP contribution >= 0.6 is 11.3 Å². The van der Waals surface area contributed by atoms with Gasteiger partial charge in [-0.2, -0.15) is 0 Å². The third-order valence-electron chi connectivity index (χ3n) is 7.71. The summed E-state index contributed by atoms with van der Waals surface area (Å²) in [6.07, 6.45) is 7.35. The number of hydrogen-bond acceptors (Lipinski definition) is 7. The summed E-state index contributed by atoms with van der Waals surface area (Å²) in [5.41, 5.74) is 9.50. The second kappa shape index (κ2) is 12.2. The van der Waals surface area contributed by atoms with Gasteiger partial charge in [0.1, 0.15) is 11.0 Å². The van der Waals surface area contributed by atoms with Crippen LogP contribution in [0.5, 0.6) is 0 Å². The lowest BCUT2D eigenvalue weighted by Crippen LogP contribution is -2.51. The number of aryl methyl sites for hydroxylation is 1.